The van der Waals surface area contributed by atoms with E-state index in [1.165, 1.54) is 0 Å². The smallest absolute Gasteiger partial charge is 0.416 e. The zero-order chi connectivity index (χ0) is 12.9. The van der Waals surface area contributed by atoms with Gasteiger partial charge in [0, 0.05) is 0 Å². The predicted octanol–water partition coefficient (Wildman–Crippen LogP) is 1.19. The summed E-state index contributed by atoms with van der Waals surface area (Å²) in [5.41, 5.74) is 0. The maximum absolute atomic E-state index is 12.0. The monoisotopic (exact) mass is 254 g/mol. The maximum atomic E-state index is 12.0. The summed E-state index contributed by atoms with van der Waals surface area (Å²) in [6.45, 7) is 0. The summed E-state index contributed by atoms with van der Waals surface area (Å²) in [5.74, 6) is -4.67. The first-order valence-electron chi connectivity index (χ1n) is 3.51. The van der Waals surface area contributed by atoms with E-state index in [-0.39, 0.29) is 0 Å². The van der Waals surface area contributed by atoms with Crippen LogP contribution in [0.1, 0.15) is 0 Å². The molecule has 4 nitrogen and oxygen atoms in total. The van der Waals surface area contributed by atoms with Crippen LogP contribution in [0.2, 0.25) is 0 Å². The Kier molecular flexibility index (Phi) is 5.61. The zero-order valence-electron chi connectivity index (χ0n) is 7.21. The molecule has 0 aromatic rings. The lowest BCUT2D eigenvalue weighted by Crippen LogP contribution is -2.31. The van der Waals surface area contributed by atoms with Crippen LogP contribution in [0.3, 0.4) is 0 Å². The number of hydrogen-bond donors (Lipinski definition) is 0. The van der Waals surface area contributed by atoms with E-state index in [0.29, 0.717) is 0 Å². The molecule has 0 spiro atoms. The number of alkyl halides is 6. The van der Waals surface area contributed by atoms with Gasteiger partial charge in [-0.15, -0.1) is 0 Å². The summed E-state index contributed by atoms with van der Waals surface area (Å²) < 4.78 is 76.0. The summed E-state index contributed by atoms with van der Waals surface area (Å²) in [6.07, 6.45) is -14.3. The minimum absolute atomic E-state index is 2.34. The zero-order valence-corrected chi connectivity index (χ0v) is 7.21. The molecule has 0 aliphatic heterocycles. The van der Waals surface area contributed by atoms with Gasteiger partial charge < -0.3 is 9.47 Å². The Morgan fingerprint density at radius 2 is 0.938 bits per heavy atom. The van der Waals surface area contributed by atoms with Crippen molar-refractivity contribution in [2.75, 3.05) is 0 Å². The van der Waals surface area contributed by atoms with Gasteiger partial charge in [0.05, 0.1) is 0 Å². The molecule has 0 saturated heterocycles. The molecule has 0 aromatic heterocycles. The van der Waals surface area contributed by atoms with E-state index in [0.717, 1.165) is 0 Å². The largest absolute Gasteiger partial charge is 0.420 e. The van der Waals surface area contributed by atoms with Gasteiger partial charge in [0.15, 0.2) is 0 Å². The molecule has 0 aliphatic carbocycles. The Hall–Kier alpha value is -1.48. The molecule has 0 heterocycles. The van der Waals surface area contributed by atoms with Gasteiger partial charge in [-0.3, -0.25) is 0 Å². The Labute approximate surface area is 84.1 Å². The highest BCUT2D eigenvalue weighted by Crippen LogP contribution is 2.10. The van der Waals surface area contributed by atoms with Crippen LogP contribution >= 0.6 is 0 Å². The Morgan fingerprint density at radius 1 is 0.688 bits per heavy atom. The van der Waals surface area contributed by atoms with Crippen molar-refractivity contribution >= 4 is 11.9 Å². The standard InChI is InChI=1S/C6H4F6O4/c7-1(8)3(11)15-5(13)6(14)16-4(12)2(9)10/h1-4H. The summed E-state index contributed by atoms with van der Waals surface area (Å²) in [7, 11) is 0. The average Bonchev–Trinajstić information content (AvgIpc) is 2.16. The summed E-state index contributed by atoms with van der Waals surface area (Å²) in [4.78, 5) is 20.7. The number of rotatable bonds is 4. The van der Waals surface area contributed by atoms with Gasteiger partial charge in [-0.25, -0.2) is 27.2 Å². The summed E-state index contributed by atoms with van der Waals surface area (Å²) in [5, 5.41) is 0. The Bertz CT molecular complexity index is 231. The lowest BCUT2D eigenvalue weighted by molar-refractivity contribution is -0.198. The molecule has 0 N–H and O–H groups in total. The van der Waals surface area contributed by atoms with E-state index >= 15 is 0 Å². The highest BCUT2D eigenvalue weighted by molar-refractivity contribution is 6.29. The number of ether oxygens (including phenoxy) is 2. The molecule has 2 unspecified atom stereocenters. The van der Waals surface area contributed by atoms with E-state index in [4.69, 9.17) is 0 Å². The maximum Gasteiger partial charge on any atom is 0.420 e. The first kappa shape index (κ1) is 14.5. The van der Waals surface area contributed by atoms with Gasteiger partial charge in [-0.05, 0) is 0 Å². The number of esters is 2. The van der Waals surface area contributed by atoms with Crippen LogP contribution in [-0.4, -0.2) is 37.5 Å². The number of hydrogen-bond acceptors (Lipinski definition) is 4. The van der Waals surface area contributed by atoms with E-state index in [2.05, 4.69) is 9.47 Å². The third kappa shape index (κ3) is 4.84. The Balaban J connectivity index is 4.15. The molecule has 0 rings (SSSR count). The van der Waals surface area contributed by atoms with Crippen LogP contribution in [0.25, 0.3) is 0 Å². The van der Waals surface area contributed by atoms with Crippen LogP contribution in [0.4, 0.5) is 26.3 Å². The van der Waals surface area contributed by atoms with Crippen molar-refractivity contribution in [2.24, 2.45) is 0 Å². The Morgan fingerprint density at radius 3 is 1.12 bits per heavy atom. The minimum Gasteiger partial charge on any atom is -0.416 e. The molecule has 10 heteroatoms. The second kappa shape index (κ2) is 6.18. The van der Waals surface area contributed by atoms with Crippen LogP contribution in [-0.2, 0) is 19.1 Å². The van der Waals surface area contributed by atoms with Gasteiger partial charge in [0.25, 0.3) is 0 Å². The van der Waals surface area contributed by atoms with Crippen LogP contribution < -0.4 is 0 Å². The van der Waals surface area contributed by atoms with E-state index in [1.807, 2.05) is 0 Å². The molecule has 0 aromatic carbocycles. The molecule has 0 radical (unpaired) electrons. The highest BCUT2D eigenvalue weighted by Gasteiger charge is 2.32. The van der Waals surface area contributed by atoms with E-state index in [1.54, 1.807) is 0 Å². The van der Waals surface area contributed by atoms with Crippen molar-refractivity contribution < 1.29 is 45.4 Å². The topological polar surface area (TPSA) is 52.6 Å². The van der Waals surface area contributed by atoms with Crippen LogP contribution in [0.5, 0.6) is 0 Å². The molecule has 0 bridgehead atoms. The highest BCUT2D eigenvalue weighted by atomic mass is 19.3. The molecular formula is C6H4F6O4. The second-order valence-corrected chi connectivity index (χ2v) is 2.18. The van der Waals surface area contributed by atoms with Crippen molar-refractivity contribution in [1.29, 1.82) is 0 Å². The van der Waals surface area contributed by atoms with Gasteiger partial charge in [-0.2, -0.15) is 8.78 Å². The lowest BCUT2D eigenvalue weighted by Gasteiger charge is -2.10. The van der Waals surface area contributed by atoms with E-state index < -0.39 is 37.5 Å². The average molecular weight is 254 g/mol. The van der Waals surface area contributed by atoms with Gasteiger partial charge in [0.2, 0.25) is 0 Å². The van der Waals surface area contributed by atoms with Crippen LogP contribution in [0, 0.1) is 0 Å². The second-order valence-electron chi connectivity index (χ2n) is 2.18. The van der Waals surface area contributed by atoms with Crippen molar-refractivity contribution in [1.82, 2.24) is 0 Å². The molecule has 94 valence electrons. The van der Waals surface area contributed by atoms with Gasteiger partial charge in [0.1, 0.15) is 0 Å². The number of carbonyl (C=O) groups excluding carboxylic acids is 2. The van der Waals surface area contributed by atoms with Gasteiger partial charge >= 0.3 is 37.5 Å². The number of halogens is 6. The first-order chi connectivity index (χ1) is 7.25. The molecule has 0 fully saturated rings. The fourth-order valence-corrected chi connectivity index (χ4v) is 0.404. The molecule has 0 amide bonds. The van der Waals surface area contributed by atoms with Crippen molar-refractivity contribution in [3.8, 4) is 0 Å². The molecule has 16 heavy (non-hydrogen) atoms. The molecule has 0 aliphatic rings. The molecule has 0 saturated carbocycles. The molecular weight excluding hydrogens is 250 g/mol. The quantitative estimate of drug-likeness (QED) is 0.429. The van der Waals surface area contributed by atoms with Gasteiger partial charge in [-0.1, -0.05) is 0 Å². The minimum atomic E-state index is -3.73. The third-order valence-electron chi connectivity index (χ3n) is 1.00. The SMILES string of the molecule is O=C(OC(F)C(F)F)C(=O)OC(F)C(F)F. The summed E-state index contributed by atoms with van der Waals surface area (Å²) >= 11 is 0. The molecule has 2 atom stereocenters. The first-order valence-corrected chi connectivity index (χ1v) is 3.51. The van der Waals surface area contributed by atoms with Crippen LogP contribution in [0.15, 0.2) is 0 Å². The fraction of sp³-hybridized carbons (Fsp3) is 0.667. The lowest BCUT2D eigenvalue weighted by atomic mass is 10.6. The third-order valence-corrected chi connectivity index (χ3v) is 1.00. The summed E-state index contributed by atoms with van der Waals surface area (Å²) in [6, 6.07) is 0. The van der Waals surface area contributed by atoms with Crippen molar-refractivity contribution in [3.05, 3.63) is 0 Å². The fourth-order valence-electron chi connectivity index (χ4n) is 0.404. The van der Waals surface area contributed by atoms with Crippen molar-refractivity contribution in [3.63, 3.8) is 0 Å². The van der Waals surface area contributed by atoms with E-state index in [9.17, 15) is 35.9 Å². The predicted molar refractivity (Wildman–Crippen MR) is 34.0 cm³/mol. The van der Waals surface area contributed by atoms with Crippen molar-refractivity contribution in [2.45, 2.75) is 25.6 Å². The number of carbonyl (C=O) groups is 2. The normalized spacial score (nSPS) is 14.8.